The summed E-state index contributed by atoms with van der Waals surface area (Å²) >= 11 is 3.49. The number of fused-ring (bicyclic) bond motifs is 1. The van der Waals surface area contributed by atoms with Gasteiger partial charge in [0.05, 0.1) is 6.33 Å². The summed E-state index contributed by atoms with van der Waals surface area (Å²) in [5.41, 5.74) is 2.43. The van der Waals surface area contributed by atoms with E-state index >= 15 is 0 Å². The van der Waals surface area contributed by atoms with Gasteiger partial charge in [0.15, 0.2) is 0 Å². The molecular weight excluding hydrogens is 330 g/mol. The summed E-state index contributed by atoms with van der Waals surface area (Å²) in [4.78, 5) is 4.04. The summed E-state index contributed by atoms with van der Waals surface area (Å²) in [6.07, 6.45) is 8.96. The first-order chi connectivity index (χ1) is 10.3. The van der Waals surface area contributed by atoms with E-state index in [4.69, 9.17) is 4.74 Å². The van der Waals surface area contributed by atoms with Crippen LogP contribution < -0.4 is 10.1 Å². The number of nitrogens with zero attached hydrogens (tertiary/aromatic N) is 2. The number of hydrogen-bond acceptors (Lipinski definition) is 3. The maximum Gasteiger partial charge on any atom is 0.127 e. The van der Waals surface area contributed by atoms with Crippen LogP contribution in [0, 0.1) is 0 Å². The van der Waals surface area contributed by atoms with E-state index in [0.717, 1.165) is 41.8 Å². The predicted molar refractivity (Wildman–Crippen MR) is 87.3 cm³/mol. The number of ether oxygens (including phenoxy) is 1. The highest BCUT2D eigenvalue weighted by molar-refractivity contribution is 9.10. The second kappa shape index (κ2) is 6.91. The molecule has 5 heteroatoms. The quantitative estimate of drug-likeness (QED) is 0.816. The molecule has 0 aliphatic carbocycles. The van der Waals surface area contributed by atoms with Gasteiger partial charge in [-0.3, -0.25) is 0 Å². The fraction of sp³-hybridized carbons (Fsp3) is 0.312. The molecule has 2 heterocycles. The summed E-state index contributed by atoms with van der Waals surface area (Å²) < 4.78 is 8.94. The number of hydrogen-bond donors (Lipinski definition) is 1. The van der Waals surface area contributed by atoms with Crippen LogP contribution in [0.15, 0.2) is 47.0 Å². The molecule has 4 nitrogen and oxygen atoms in total. The number of nitrogens with one attached hydrogen (secondary N) is 1. The highest BCUT2D eigenvalue weighted by Gasteiger charge is 2.11. The molecule has 1 aliphatic rings. The van der Waals surface area contributed by atoms with E-state index < -0.39 is 0 Å². The molecule has 1 aliphatic heterocycles. The molecule has 0 radical (unpaired) electrons. The van der Waals surface area contributed by atoms with Crippen LogP contribution in [0.5, 0.6) is 5.75 Å². The lowest BCUT2D eigenvalue weighted by molar-refractivity contribution is 0.342. The van der Waals surface area contributed by atoms with Gasteiger partial charge in [0.25, 0.3) is 0 Å². The Morgan fingerprint density at radius 3 is 3.19 bits per heavy atom. The van der Waals surface area contributed by atoms with Crippen molar-refractivity contribution in [3.63, 3.8) is 0 Å². The summed E-state index contributed by atoms with van der Waals surface area (Å²) in [5, 5.41) is 3.47. The Hall–Kier alpha value is -1.59. The zero-order chi connectivity index (χ0) is 14.5. The molecule has 21 heavy (non-hydrogen) atoms. The number of aryl methyl sites for hydroxylation is 1. The molecule has 3 rings (SSSR count). The molecule has 0 spiro atoms. The van der Waals surface area contributed by atoms with E-state index in [2.05, 4.69) is 42.9 Å². The Labute approximate surface area is 133 Å². The van der Waals surface area contributed by atoms with Crippen molar-refractivity contribution in [1.29, 1.82) is 0 Å². The molecule has 1 aromatic heterocycles. The van der Waals surface area contributed by atoms with Crippen molar-refractivity contribution >= 4 is 22.0 Å². The molecule has 0 unspecified atom stereocenters. The molecule has 0 bridgehead atoms. The SMILES string of the molecule is Brc1ccc2c(c1)C=C(CNCCCn1ccnc1)CO2. The van der Waals surface area contributed by atoms with Crippen LogP contribution in [0.1, 0.15) is 12.0 Å². The van der Waals surface area contributed by atoms with Crippen LogP contribution in [0.25, 0.3) is 6.08 Å². The molecule has 0 saturated heterocycles. The van der Waals surface area contributed by atoms with Crippen molar-refractivity contribution in [2.75, 3.05) is 19.7 Å². The van der Waals surface area contributed by atoms with Gasteiger partial charge in [-0.15, -0.1) is 0 Å². The first-order valence-corrected chi connectivity index (χ1v) is 7.89. The van der Waals surface area contributed by atoms with E-state index in [1.807, 2.05) is 30.9 Å². The minimum atomic E-state index is 0.670. The van der Waals surface area contributed by atoms with Gasteiger partial charge in [-0.25, -0.2) is 4.98 Å². The van der Waals surface area contributed by atoms with Crippen molar-refractivity contribution in [1.82, 2.24) is 14.9 Å². The average Bonchev–Trinajstić information content (AvgIpc) is 3.00. The first-order valence-electron chi connectivity index (χ1n) is 7.09. The molecule has 2 aromatic rings. The van der Waals surface area contributed by atoms with E-state index in [9.17, 15) is 0 Å². The molecule has 110 valence electrons. The summed E-state index contributed by atoms with van der Waals surface area (Å²) in [7, 11) is 0. The molecule has 1 aromatic carbocycles. The lowest BCUT2D eigenvalue weighted by Crippen LogP contribution is -2.23. The molecule has 0 atom stereocenters. The molecule has 1 N–H and O–H groups in total. The predicted octanol–water partition coefficient (Wildman–Crippen LogP) is 3.10. The summed E-state index contributed by atoms with van der Waals surface area (Å²) in [6, 6.07) is 6.10. The second-order valence-electron chi connectivity index (χ2n) is 5.10. The standard InChI is InChI=1S/C16H18BrN3O/c17-15-2-3-16-14(9-15)8-13(11-21-16)10-18-4-1-6-20-7-5-19-12-20/h2-3,5,7-9,12,18H,1,4,6,10-11H2. The van der Waals surface area contributed by atoms with Crippen LogP contribution in [-0.4, -0.2) is 29.2 Å². The van der Waals surface area contributed by atoms with Gasteiger partial charge in [-0.1, -0.05) is 15.9 Å². The van der Waals surface area contributed by atoms with Crippen molar-refractivity contribution in [3.8, 4) is 5.75 Å². The van der Waals surface area contributed by atoms with Gasteiger partial charge in [-0.2, -0.15) is 0 Å². The van der Waals surface area contributed by atoms with Crippen LogP contribution in [0.4, 0.5) is 0 Å². The van der Waals surface area contributed by atoms with Gasteiger partial charge < -0.3 is 14.6 Å². The molecule has 0 saturated carbocycles. The summed E-state index contributed by atoms with van der Waals surface area (Å²) in [5.74, 6) is 0.960. The highest BCUT2D eigenvalue weighted by atomic mass is 79.9. The smallest absolute Gasteiger partial charge is 0.127 e. The Bertz CT molecular complexity index is 622. The van der Waals surface area contributed by atoms with Crippen molar-refractivity contribution in [2.45, 2.75) is 13.0 Å². The summed E-state index contributed by atoms with van der Waals surface area (Å²) in [6.45, 7) is 3.53. The number of aromatic nitrogens is 2. The topological polar surface area (TPSA) is 39.1 Å². The second-order valence-corrected chi connectivity index (χ2v) is 6.02. The number of imidazole rings is 1. The fourth-order valence-corrected chi connectivity index (χ4v) is 2.73. The lowest BCUT2D eigenvalue weighted by atomic mass is 10.1. The normalized spacial score (nSPS) is 13.5. The van der Waals surface area contributed by atoms with Gasteiger partial charge in [0, 0.05) is 35.5 Å². The van der Waals surface area contributed by atoms with Crippen LogP contribution in [0.3, 0.4) is 0 Å². The van der Waals surface area contributed by atoms with Crippen LogP contribution in [-0.2, 0) is 6.54 Å². The third-order valence-electron chi connectivity index (χ3n) is 3.43. The van der Waals surface area contributed by atoms with E-state index in [1.165, 1.54) is 5.57 Å². The van der Waals surface area contributed by atoms with Crippen molar-refractivity contribution < 1.29 is 4.74 Å². The van der Waals surface area contributed by atoms with Gasteiger partial charge in [0.2, 0.25) is 0 Å². The van der Waals surface area contributed by atoms with Gasteiger partial charge in [-0.05, 0) is 42.8 Å². The number of benzene rings is 1. The maximum atomic E-state index is 5.77. The number of rotatable bonds is 6. The highest BCUT2D eigenvalue weighted by Crippen LogP contribution is 2.28. The maximum absolute atomic E-state index is 5.77. The van der Waals surface area contributed by atoms with E-state index in [-0.39, 0.29) is 0 Å². The van der Waals surface area contributed by atoms with Crippen LogP contribution in [0.2, 0.25) is 0 Å². The Morgan fingerprint density at radius 1 is 1.38 bits per heavy atom. The van der Waals surface area contributed by atoms with E-state index in [0.29, 0.717) is 6.61 Å². The van der Waals surface area contributed by atoms with Crippen molar-refractivity contribution in [3.05, 3.63) is 52.5 Å². The van der Waals surface area contributed by atoms with Crippen LogP contribution >= 0.6 is 15.9 Å². The monoisotopic (exact) mass is 347 g/mol. The third-order valence-corrected chi connectivity index (χ3v) is 3.92. The first kappa shape index (κ1) is 14.4. The van der Waals surface area contributed by atoms with E-state index in [1.54, 1.807) is 0 Å². The Kier molecular flexibility index (Phi) is 4.72. The minimum Gasteiger partial charge on any atom is -0.489 e. The van der Waals surface area contributed by atoms with Crippen molar-refractivity contribution in [2.24, 2.45) is 0 Å². The lowest BCUT2D eigenvalue weighted by Gasteiger charge is -2.18. The zero-order valence-corrected chi connectivity index (χ0v) is 13.3. The third kappa shape index (κ3) is 3.95. The van der Waals surface area contributed by atoms with Gasteiger partial charge >= 0.3 is 0 Å². The average molecular weight is 348 g/mol. The molecular formula is C16H18BrN3O. The zero-order valence-electron chi connectivity index (χ0n) is 11.8. The minimum absolute atomic E-state index is 0.670. The Morgan fingerprint density at radius 2 is 2.33 bits per heavy atom. The fourth-order valence-electron chi connectivity index (χ4n) is 2.35. The Balaban J connectivity index is 1.45. The molecule has 0 amide bonds. The van der Waals surface area contributed by atoms with Gasteiger partial charge in [0.1, 0.15) is 12.4 Å². The number of halogens is 1. The largest absolute Gasteiger partial charge is 0.489 e. The molecule has 0 fully saturated rings.